The van der Waals surface area contributed by atoms with Crippen LogP contribution in [-0.2, 0) is 13.1 Å². The summed E-state index contributed by atoms with van der Waals surface area (Å²) in [5, 5.41) is 8.00. The molecule has 0 spiro atoms. The second kappa shape index (κ2) is 6.44. The molecular formula is C16H31N5. The summed E-state index contributed by atoms with van der Waals surface area (Å²) in [5.74, 6) is 1.68. The zero-order valence-corrected chi connectivity index (χ0v) is 14.4. The Morgan fingerprint density at radius 1 is 1.38 bits per heavy atom. The van der Waals surface area contributed by atoms with Crippen LogP contribution in [0.25, 0.3) is 0 Å². The molecule has 5 heteroatoms. The predicted molar refractivity (Wildman–Crippen MR) is 86.0 cm³/mol. The number of hydrogen-bond acceptors (Lipinski definition) is 4. The molecule has 1 aromatic rings. The average Bonchev–Trinajstić information content (AvgIpc) is 2.74. The first kappa shape index (κ1) is 16.4. The highest BCUT2D eigenvalue weighted by molar-refractivity contribution is 4.95. The van der Waals surface area contributed by atoms with Crippen molar-refractivity contribution in [3.63, 3.8) is 0 Å². The largest absolute Gasteiger partial charge is 0.311 e. The van der Waals surface area contributed by atoms with Gasteiger partial charge in [0.25, 0.3) is 0 Å². The third-order valence-electron chi connectivity index (χ3n) is 4.19. The maximum absolute atomic E-state index is 4.49. The summed E-state index contributed by atoms with van der Waals surface area (Å²) >= 11 is 0. The Morgan fingerprint density at radius 2 is 2.10 bits per heavy atom. The molecular weight excluding hydrogens is 262 g/mol. The molecule has 1 aromatic heterocycles. The van der Waals surface area contributed by atoms with Crippen molar-refractivity contribution < 1.29 is 0 Å². The Morgan fingerprint density at radius 3 is 2.71 bits per heavy atom. The van der Waals surface area contributed by atoms with E-state index >= 15 is 0 Å². The summed E-state index contributed by atoms with van der Waals surface area (Å²) in [6.45, 7) is 17.6. The summed E-state index contributed by atoms with van der Waals surface area (Å²) in [5.41, 5.74) is 0.260. The van der Waals surface area contributed by atoms with Crippen molar-refractivity contribution in [3.05, 3.63) is 12.2 Å². The highest BCUT2D eigenvalue weighted by Crippen LogP contribution is 2.27. The summed E-state index contributed by atoms with van der Waals surface area (Å²) < 4.78 is 2.07. The van der Waals surface area contributed by atoms with E-state index in [-0.39, 0.29) is 5.41 Å². The molecule has 1 aliphatic heterocycles. The highest BCUT2D eigenvalue weighted by Gasteiger charge is 2.34. The molecule has 120 valence electrons. The number of rotatable bonds is 4. The monoisotopic (exact) mass is 293 g/mol. The second-order valence-corrected chi connectivity index (χ2v) is 7.87. The van der Waals surface area contributed by atoms with Gasteiger partial charge in [-0.3, -0.25) is 4.90 Å². The fourth-order valence-electron chi connectivity index (χ4n) is 3.10. The molecule has 1 N–H and O–H groups in total. The molecule has 0 saturated carbocycles. The zero-order chi connectivity index (χ0) is 15.6. The van der Waals surface area contributed by atoms with Gasteiger partial charge in [0.1, 0.15) is 12.2 Å². The molecule has 0 amide bonds. The van der Waals surface area contributed by atoms with E-state index in [0.717, 1.165) is 32.0 Å². The molecule has 1 saturated heterocycles. The van der Waals surface area contributed by atoms with Crippen LogP contribution in [-0.4, -0.2) is 44.8 Å². The highest BCUT2D eigenvalue weighted by atomic mass is 15.4. The van der Waals surface area contributed by atoms with Gasteiger partial charge in [0.2, 0.25) is 0 Å². The van der Waals surface area contributed by atoms with Crippen molar-refractivity contribution in [2.45, 2.75) is 66.7 Å². The molecule has 2 unspecified atom stereocenters. The third-order valence-corrected chi connectivity index (χ3v) is 4.19. The molecule has 1 aliphatic rings. The van der Waals surface area contributed by atoms with Gasteiger partial charge in [-0.05, 0) is 18.3 Å². The summed E-state index contributed by atoms with van der Waals surface area (Å²) in [4.78, 5) is 7.07. The van der Waals surface area contributed by atoms with E-state index in [1.807, 2.05) is 0 Å². The topological polar surface area (TPSA) is 46.0 Å². The normalized spacial score (nSPS) is 24.7. The van der Waals surface area contributed by atoms with Gasteiger partial charge in [-0.1, -0.05) is 34.6 Å². The molecule has 0 aromatic carbocycles. The van der Waals surface area contributed by atoms with Crippen molar-refractivity contribution in [1.82, 2.24) is 25.0 Å². The first-order valence-corrected chi connectivity index (χ1v) is 8.11. The van der Waals surface area contributed by atoms with Crippen LogP contribution in [0.15, 0.2) is 6.33 Å². The minimum absolute atomic E-state index is 0.260. The zero-order valence-electron chi connectivity index (χ0n) is 14.4. The SMILES string of the molecule is CC(C)Cn1ncnc1CN1CC(C)NCC1C(C)(C)C. The lowest BCUT2D eigenvalue weighted by Crippen LogP contribution is -2.59. The second-order valence-electron chi connectivity index (χ2n) is 7.87. The van der Waals surface area contributed by atoms with Gasteiger partial charge in [0, 0.05) is 31.7 Å². The number of aromatic nitrogens is 3. The molecule has 2 atom stereocenters. The predicted octanol–water partition coefficient (Wildman–Crippen LogP) is 2.14. The Balaban J connectivity index is 2.13. The van der Waals surface area contributed by atoms with Crippen molar-refractivity contribution >= 4 is 0 Å². The molecule has 0 bridgehead atoms. The fraction of sp³-hybridized carbons (Fsp3) is 0.875. The van der Waals surface area contributed by atoms with Gasteiger partial charge in [-0.25, -0.2) is 9.67 Å². The van der Waals surface area contributed by atoms with Crippen LogP contribution in [0.5, 0.6) is 0 Å². The van der Waals surface area contributed by atoms with Crippen molar-refractivity contribution in [2.24, 2.45) is 11.3 Å². The molecule has 2 rings (SSSR count). The van der Waals surface area contributed by atoms with Crippen molar-refractivity contribution in [1.29, 1.82) is 0 Å². The third kappa shape index (κ3) is 4.27. The number of nitrogens with zero attached hydrogens (tertiary/aromatic N) is 4. The van der Waals surface area contributed by atoms with E-state index < -0.39 is 0 Å². The van der Waals surface area contributed by atoms with Crippen LogP contribution in [0.4, 0.5) is 0 Å². The Labute approximate surface area is 129 Å². The summed E-state index contributed by atoms with van der Waals surface area (Å²) in [7, 11) is 0. The van der Waals surface area contributed by atoms with E-state index in [4.69, 9.17) is 0 Å². The molecule has 0 aliphatic carbocycles. The number of hydrogen-bond donors (Lipinski definition) is 1. The van der Waals surface area contributed by atoms with Crippen molar-refractivity contribution in [2.75, 3.05) is 13.1 Å². The van der Waals surface area contributed by atoms with Crippen LogP contribution in [0.1, 0.15) is 47.4 Å². The minimum Gasteiger partial charge on any atom is -0.311 e. The molecule has 1 fully saturated rings. The Kier molecular flexibility index (Phi) is 5.04. The van der Waals surface area contributed by atoms with E-state index in [0.29, 0.717) is 18.0 Å². The first-order chi connectivity index (χ1) is 9.77. The lowest BCUT2D eigenvalue weighted by Gasteiger charge is -2.45. The Hall–Kier alpha value is -0.940. The van der Waals surface area contributed by atoms with Gasteiger partial charge in [-0.2, -0.15) is 5.10 Å². The molecule has 2 heterocycles. The molecule has 5 nitrogen and oxygen atoms in total. The van der Waals surface area contributed by atoms with Gasteiger partial charge in [-0.15, -0.1) is 0 Å². The van der Waals surface area contributed by atoms with E-state index in [2.05, 4.69) is 66.5 Å². The Bertz CT molecular complexity index is 446. The minimum atomic E-state index is 0.260. The van der Waals surface area contributed by atoms with Gasteiger partial charge < -0.3 is 5.32 Å². The van der Waals surface area contributed by atoms with Crippen LogP contribution in [0, 0.1) is 11.3 Å². The summed E-state index contributed by atoms with van der Waals surface area (Å²) in [6.07, 6.45) is 1.69. The van der Waals surface area contributed by atoms with Crippen LogP contribution in [0.2, 0.25) is 0 Å². The quantitative estimate of drug-likeness (QED) is 0.924. The van der Waals surface area contributed by atoms with Gasteiger partial charge in [0.05, 0.1) is 6.54 Å². The maximum Gasteiger partial charge on any atom is 0.141 e. The number of nitrogens with one attached hydrogen (secondary N) is 1. The first-order valence-electron chi connectivity index (χ1n) is 8.11. The smallest absolute Gasteiger partial charge is 0.141 e. The fourth-order valence-corrected chi connectivity index (χ4v) is 3.10. The van der Waals surface area contributed by atoms with Gasteiger partial charge in [0.15, 0.2) is 0 Å². The van der Waals surface area contributed by atoms with E-state index in [9.17, 15) is 0 Å². The standard InChI is InChI=1S/C16H31N5/c1-12(2)8-21-15(18-11-19-21)10-20-9-13(3)17-7-14(20)16(4,5)6/h11-14,17H,7-10H2,1-6H3. The number of piperazine rings is 1. The molecule has 21 heavy (non-hydrogen) atoms. The van der Waals surface area contributed by atoms with E-state index in [1.165, 1.54) is 0 Å². The van der Waals surface area contributed by atoms with Crippen LogP contribution < -0.4 is 5.32 Å². The lowest BCUT2D eigenvalue weighted by molar-refractivity contribution is 0.0492. The van der Waals surface area contributed by atoms with Crippen LogP contribution >= 0.6 is 0 Å². The average molecular weight is 293 g/mol. The maximum atomic E-state index is 4.49. The molecule has 0 radical (unpaired) electrons. The van der Waals surface area contributed by atoms with E-state index in [1.54, 1.807) is 6.33 Å². The van der Waals surface area contributed by atoms with Gasteiger partial charge >= 0.3 is 0 Å². The lowest BCUT2D eigenvalue weighted by atomic mass is 9.84. The van der Waals surface area contributed by atoms with Crippen molar-refractivity contribution in [3.8, 4) is 0 Å². The van der Waals surface area contributed by atoms with Crippen LogP contribution in [0.3, 0.4) is 0 Å². The summed E-state index contributed by atoms with van der Waals surface area (Å²) in [6, 6.07) is 1.06.